The number of hydrogen-bond donors (Lipinski definition) is 1. The maximum absolute atomic E-state index is 12.7. The summed E-state index contributed by atoms with van der Waals surface area (Å²) < 4.78 is 12.7. The molecule has 1 saturated carbocycles. The molecule has 0 heterocycles. The van der Waals surface area contributed by atoms with E-state index in [0.29, 0.717) is 12.1 Å². The van der Waals surface area contributed by atoms with Crippen molar-refractivity contribution in [2.45, 2.75) is 38.3 Å². The molecule has 1 aliphatic rings. The summed E-state index contributed by atoms with van der Waals surface area (Å²) in [6.45, 7) is 2.16. The number of nitrogens with one attached hydrogen (secondary N) is 1. The van der Waals surface area contributed by atoms with Gasteiger partial charge in [-0.1, -0.05) is 19.1 Å². The number of benzene rings is 1. The molecular formula is C12H16FN. The van der Waals surface area contributed by atoms with Crippen LogP contribution < -0.4 is 5.32 Å². The van der Waals surface area contributed by atoms with Crippen LogP contribution in [0, 0.1) is 5.82 Å². The molecule has 0 spiro atoms. The van der Waals surface area contributed by atoms with Gasteiger partial charge in [-0.3, -0.25) is 0 Å². The Balaban J connectivity index is 2.05. The van der Waals surface area contributed by atoms with Crippen molar-refractivity contribution in [3.05, 3.63) is 35.6 Å². The van der Waals surface area contributed by atoms with Gasteiger partial charge < -0.3 is 5.32 Å². The first kappa shape index (κ1) is 9.66. The Hall–Kier alpha value is -0.890. The van der Waals surface area contributed by atoms with Crippen LogP contribution in [0.4, 0.5) is 4.39 Å². The highest BCUT2D eigenvalue weighted by molar-refractivity contribution is 5.20. The van der Waals surface area contributed by atoms with Crippen molar-refractivity contribution in [2.75, 3.05) is 0 Å². The molecule has 0 aromatic heterocycles. The Bertz CT molecular complexity index is 290. The lowest BCUT2D eigenvalue weighted by Gasteiger charge is -2.16. The van der Waals surface area contributed by atoms with Crippen LogP contribution in [0.15, 0.2) is 24.3 Å². The van der Waals surface area contributed by atoms with Gasteiger partial charge in [0.05, 0.1) is 0 Å². The highest BCUT2D eigenvalue weighted by Gasteiger charge is 2.24. The zero-order valence-electron chi connectivity index (χ0n) is 8.46. The van der Waals surface area contributed by atoms with E-state index in [4.69, 9.17) is 0 Å². The topological polar surface area (TPSA) is 12.0 Å². The van der Waals surface area contributed by atoms with Crippen molar-refractivity contribution in [2.24, 2.45) is 0 Å². The van der Waals surface area contributed by atoms with E-state index in [-0.39, 0.29) is 5.82 Å². The van der Waals surface area contributed by atoms with Crippen molar-refractivity contribution in [1.29, 1.82) is 0 Å². The molecule has 1 aromatic carbocycles. The molecule has 0 saturated heterocycles. The minimum Gasteiger partial charge on any atom is -0.307 e. The number of halogens is 1. The zero-order valence-corrected chi connectivity index (χ0v) is 8.46. The predicted molar refractivity (Wildman–Crippen MR) is 55.6 cm³/mol. The summed E-state index contributed by atoms with van der Waals surface area (Å²) in [6.07, 6.45) is 3.64. The lowest BCUT2D eigenvalue weighted by Crippen LogP contribution is -2.22. The smallest absolute Gasteiger partial charge is 0.123 e. The van der Waals surface area contributed by atoms with Crippen LogP contribution >= 0.6 is 0 Å². The van der Waals surface area contributed by atoms with Crippen molar-refractivity contribution in [1.82, 2.24) is 5.32 Å². The van der Waals surface area contributed by atoms with E-state index in [9.17, 15) is 4.39 Å². The second-order valence-corrected chi connectivity index (χ2v) is 3.95. The van der Waals surface area contributed by atoms with Gasteiger partial charge in [-0.15, -0.1) is 0 Å². The van der Waals surface area contributed by atoms with Crippen LogP contribution in [0.3, 0.4) is 0 Å². The normalized spacial score (nSPS) is 18.1. The highest BCUT2D eigenvalue weighted by atomic mass is 19.1. The first-order chi connectivity index (χ1) is 6.79. The monoisotopic (exact) mass is 193 g/mol. The third kappa shape index (κ3) is 2.32. The van der Waals surface area contributed by atoms with Crippen LogP contribution in [-0.4, -0.2) is 6.04 Å². The highest BCUT2D eigenvalue weighted by Crippen LogP contribution is 2.25. The van der Waals surface area contributed by atoms with Gasteiger partial charge in [0.15, 0.2) is 0 Å². The molecule has 1 nitrogen and oxygen atoms in total. The Morgan fingerprint density at radius 1 is 1.36 bits per heavy atom. The summed E-state index contributed by atoms with van der Waals surface area (Å²) in [7, 11) is 0. The molecule has 2 heteroatoms. The number of hydrogen-bond acceptors (Lipinski definition) is 1. The molecule has 0 bridgehead atoms. The van der Waals surface area contributed by atoms with Gasteiger partial charge in [-0.2, -0.15) is 0 Å². The summed E-state index contributed by atoms with van der Waals surface area (Å²) in [5.41, 5.74) is 1.20. The van der Waals surface area contributed by atoms with Gasteiger partial charge in [0.25, 0.3) is 0 Å². The van der Waals surface area contributed by atoms with E-state index in [1.54, 1.807) is 0 Å². The molecule has 0 unspecified atom stereocenters. The quantitative estimate of drug-likeness (QED) is 0.775. The molecule has 1 N–H and O–H groups in total. The summed E-state index contributed by atoms with van der Waals surface area (Å²) in [6, 6.07) is 7.91. The largest absolute Gasteiger partial charge is 0.307 e. The Morgan fingerprint density at radius 3 is 2.50 bits per heavy atom. The average Bonchev–Trinajstić information content (AvgIpc) is 3.00. The molecule has 76 valence electrons. The zero-order chi connectivity index (χ0) is 9.97. The van der Waals surface area contributed by atoms with Crippen LogP contribution in [0.5, 0.6) is 0 Å². The lowest BCUT2D eigenvalue weighted by atomic mass is 10.0. The molecule has 2 rings (SSSR count). The van der Waals surface area contributed by atoms with Crippen molar-refractivity contribution >= 4 is 0 Å². The third-order valence-corrected chi connectivity index (χ3v) is 2.69. The van der Waals surface area contributed by atoms with Gasteiger partial charge in [-0.05, 0) is 37.0 Å². The average molecular weight is 193 g/mol. The Morgan fingerprint density at radius 2 is 2.00 bits per heavy atom. The first-order valence-electron chi connectivity index (χ1n) is 5.31. The number of rotatable bonds is 4. The van der Waals surface area contributed by atoms with Gasteiger partial charge in [-0.25, -0.2) is 4.39 Å². The lowest BCUT2D eigenvalue weighted by molar-refractivity contribution is 0.515. The van der Waals surface area contributed by atoms with Gasteiger partial charge in [0, 0.05) is 12.1 Å². The summed E-state index contributed by atoms with van der Waals surface area (Å²) in [5.74, 6) is -0.157. The van der Waals surface area contributed by atoms with Crippen LogP contribution in [0.2, 0.25) is 0 Å². The van der Waals surface area contributed by atoms with Crippen molar-refractivity contribution in [3.63, 3.8) is 0 Å². The molecule has 1 atom stereocenters. The van der Waals surface area contributed by atoms with E-state index in [1.165, 1.54) is 30.5 Å². The summed E-state index contributed by atoms with van der Waals surface area (Å²) in [4.78, 5) is 0. The van der Waals surface area contributed by atoms with Gasteiger partial charge in [0.1, 0.15) is 5.82 Å². The summed E-state index contributed by atoms with van der Waals surface area (Å²) in [5, 5.41) is 3.55. The Labute approximate surface area is 84.3 Å². The van der Waals surface area contributed by atoms with E-state index in [0.717, 1.165) is 6.42 Å². The minimum absolute atomic E-state index is 0.157. The molecule has 0 aliphatic heterocycles. The van der Waals surface area contributed by atoms with E-state index < -0.39 is 0 Å². The molecule has 0 amide bonds. The molecule has 0 radical (unpaired) electrons. The van der Waals surface area contributed by atoms with Crippen LogP contribution in [0.1, 0.15) is 37.8 Å². The molecule has 1 aliphatic carbocycles. The molecule has 1 fully saturated rings. The van der Waals surface area contributed by atoms with E-state index in [1.807, 2.05) is 12.1 Å². The second-order valence-electron chi connectivity index (χ2n) is 3.95. The predicted octanol–water partition coefficient (Wildman–Crippen LogP) is 3.03. The minimum atomic E-state index is -0.157. The fourth-order valence-electron chi connectivity index (χ4n) is 1.68. The maximum atomic E-state index is 12.7. The van der Waals surface area contributed by atoms with Crippen LogP contribution in [-0.2, 0) is 0 Å². The first-order valence-corrected chi connectivity index (χ1v) is 5.31. The molecule has 14 heavy (non-hydrogen) atoms. The molecule has 1 aromatic rings. The summed E-state index contributed by atoms with van der Waals surface area (Å²) >= 11 is 0. The van der Waals surface area contributed by atoms with Crippen LogP contribution in [0.25, 0.3) is 0 Å². The van der Waals surface area contributed by atoms with Crippen molar-refractivity contribution in [3.8, 4) is 0 Å². The second kappa shape index (κ2) is 4.09. The van der Waals surface area contributed by atoms with Gasteiger partial charge >= 0.3 is 0 Å². The fraction of sp³-hybridized carbons (Fsp3) is 0.500. The van der Waals surface area contributed by atoms with Crippen molar-refractivity contribution < 1.29 is 4.39 Å². The maximum Gasteiger partial charge on any atom is 0.123 e. The van der Waals surface area contributed by atoms with E-state index >= 15 is 0 Å². The standard InChI is InChI=1S/C12H16FN/c1-2-12(14-11-7-8-11)9-3-5-10(13)6-4-9/h3-6,11-12,14H,2,7-8H2,1H3/t12-/m1/s1. The molecular weight excluding hydrogens is 177 g/mol. The van der Waals surface area contributed by atoms with Gasteiger partial charge in [0.2, 0.25) is 0 Å². The third-order valence-electron chi connectivity index (χ3n) is 2.69. The fourth-order valence-corrected chi connectivity index (χ4v) is 1.68. The SMILES string of the molecule is CC[C@@H](NC1CC1)c1ccc(F)cc1. The Kier molecular flexibility index (Phi) is 2.82. The van der Waals surface area contributed by atoms with E-state index in [2.05, 4.69) is 12.2 Å².